The monoisotopic (exact) mass is 571 g/mol. The Balaban J connectivity index is 1.84. The molecule has 1 saturated heterocycles. The normalized spacial score (nSPS) is 24.4. The summed E-state index contributed by atoms with van der Waals surface area (Å²) in [5.41, 5.74) is -4.12. The third-order valence-electron chi connectivity index (χ3n) is 5.62. The van der Waals surface area contributed by atoms with Gasteiger partial charge in [-0.1, -0.05) is 23.0 Å². The van der Waals surface area contributed by atoms with E-state index in [0.29, 0.717) is 0 Å². The Morgan fingerprint density at radius 1 is 1.21 bits per heavy atom. The number of benzene rings is 1. The molecular formula is C24H31FN3O10P. The number of rotatable bonds is 11. The highest BCUT2D eigenvalue weighted by Gasteiger charge is 2.58. The van der Waals surface area contributed by atoms with Gasteiger partial charge in [0.2, 0.25) is 0 Å². The highest BCUT2D eigenvalue weighted by atomic mass is 31.1. The molecule has 1 aliphatic heterocycles. The zero-order chi connectivity index (χ0) is 28.9. The summed E-state index contributed by atoms with van der Waals surface area (Å²) in [5.74, 6) is -1.31. The largest absolute Gasteiger partial charge is 0.462 e. The number of esters is 2. The van der Waals surface area contributed by atoms with Crippen molar-refractivity contribution in [2.75, 3.05) is 6.61 Å². The number of hydrogen-bond acceptors (Lipinski definition) is 10. The lowest BCUT2D eigenvalue weighted by Crippen LogP contribution is -2.46. The smallest absolute Gasteiger partial charge is 0.330 e. The Morgan fingerprint density at radius 2 is 1.87 bits per heavy atom. The van der Waals surface area contributed by atoms with Crippen LogP contribution in [0, 0.1) is 0 Å². The summed E-state index contributed by atoms with van der Waals surface area (Å²) in [7, 11) is -3.37. The fourth-order valence-corrected chi connectivity index (χ4v) is 4.87. The molecule has 0 aliphatic carbocycles. The van der Waals surface area contributed by atoms with Crippen LogP contribution in [0.5, 0.6) is 5.75 Å². The van der Waals surface area contributed by atoms with Crippen molar-refractivity contribution in [2.45, 2.75) is 70.9 Å². The van der Waals surface area contributed by atoms with E-state index in [4.69, 9.17) is 23.6 Å². The molecule has 3 rings (SSSR count). The van der Waals surface area contributed by atoms with Gasteiger partial charge in [0.15, 0.2) is 18.0 Å². The van der Waals surface area contributed by atoms with E-state index in [-0.39, 0.29) is 5.75 Å². The molecule has 0 saturated carbocycles. The molecule has 1 N–H and O–H groups in total. The van der Waals surface area contributed by atoms with Crippen LogP contribution in [0.25, 0.3) is 0 Å². The molecule has 2 heterocycles. The van der Waals surface area contributed by atoms with Crippen LogP contribution < -0.4 is 16.1 Å². The number of alkyl halides is 1. The molecule has 13 nitrogen and oxygen atoms in total. The molecule has 15 heteroatoms. The zero-order valence-corrected chi connectivity index (χ0v) is 23.0. The second-order valence-electron chi connectivity index (χ2n) is 9.19. The zero-order valence-electron chi connectivity index (χ0n) is 22.0. The van der Waals surface area contributed by atoms with Gasteiger partial charge in [-0.3, -0.25) is 28.5 Å². The average molecular weight is 571 g/mol. The van der Waals surface area contributed by atoms with Crippen molar-refractivity contribution in [1.29, 1.82) is 0 Å². The summed E-state index contributed by atoms with van der Waals surface area (Å²) in [5, 5.41) is 0. The number of carbonyl (C=O) groups is 2. The van der Waals surface area contributed by atoms with Gasteiger partial charge in [-0.15, -0.1) is 0 Å². The molecule has 0 bridgehead atoms. The first-order valence-corrected chi connectivity index (χ1v) is 13.3. The fraction of sp³-hybridized carbons (Fsp3) is 0.500. The molecule has 39 heavy (non-hydrogen) atoms. The molecule has 0 amide bonds. The minimum Gasteiger partial charge on any atom is -0.462 e. The van der Waals surface area contributed by atoms with Crippen LogP contribution in [-0.4, -0.2) is 63.0 Å². The van der Waals surface area contributed by atoms with Gasteiger partial charge in [-0.05, 0) is 39.8 Å². The highest BCUT2D eigenvalue weighted by molar-refractivity contribution is 7.36. The number of aromatic amines is 1. The first kappa shape index (κ1) is 30.2. The molecule has 6 atom stereocenters. The number of hydroxylamine groups is 1. The molecule has 1 aromatic heterocycles. The van der Waals surface area contributed by atoms with Gasteiger partial charge in [0.25, 0.3) is 13.7 Å². The number of para-hydroxylation sites is 1. The lowest BCUT2D eigenvalue weighted by molar-refractivity contribution is -0.159. The summed E-state index contributed by atoms with van der Waals surface area (Å²) in [6.45, 7) is 6.25. The standard InChI is InChI=1S/C24H31FN3O10P/c1-14(2)35-21(31)15(3)28(38-17-9-7-6-8-10-17)39(33)34-13-18-20(36-16(4)29)24(5,25)22(37-18)27-12-11-19(30)26-23(27)32/h6-12,14-15,18,20,22,39H,13H2,1-5H3,(H,26,30,32)/t15-,18+,20-,22+,24?/m0/s1. The molecule has 0 radical (unpaired) electrons. The van der Waals surface area contributed by atoms with Crippen LogP contribution in [-0.2, 0) is 32.9 Å². The van der Waals surface area contributed by atoms with Gasteiger partial charge in [0, 0.05) is 19.2 Å². The predicted molar refractivity (Wildman–Crippen MR) is 135 cm³/mol. The van der Waals surface area contributed by atoms with Gasteiger partial charge in [0.05, 0.1) is 12.7 Å². The minimum absolute atomic E-state index is 0.257. The minimum atomic E-state index is -3.37. The first-order chi connectivity index (χ1) is 18.3. The number of hydrogen-bond donors (Lipinski definition) is 1. The molecule has 1 aromatic carbocycles. The quantitative estimate of drug-likeness (QED) is 0.240. The van der Waals surface area contributed by atoms with E-state index in [0.717, 1.165) is 35.5 Å². The predicted octanol–water partition coefficient (Wildman–Crippen LogP) is 2.14. The van der Waals surface area contributed by atoms with Crippen LogP contribution >= 0.6 is 8.18 Å². The second-order valence-corrected chi connectivity index (χ2v) is 10.5. The van der Waals surface area contributed by atoms with Crippen molar-refractivity contribution >= 4 is 20.1 Å². The maximum atomic E-state index is 16.0. The summed E-state index contributed by atoms with van der Waals surface area (Å²) in [6.07, 6.45) is -3.95. The lowest BCUT2D eigenvalue weighted by atomic mass is 9.98. The average Bonchev–Trinajstić information content (AvgIpc) is 3.09. The summed E-state index contributed by atoms with van der Waals surface area (Å²) in [6, 6.07) is 8.03. The Labute approximate surface area is 223 Å². The van der Waals surface area contributed by atoms with E-state index in [1.165, 1.54) is 6.92 Å². The molecule has 2 unspecified atom stereocenters. The van der Waals surface area contributed by atoms with E-state index in [1.54, 1.807) is 44.2 Å². The highest BCUT2D eigenvalue weighted by Crippen LogP contribution is 2.44. The summed E-state index contributed by atoms with van der Waals surface area (Å²) in [4.78, 5) is 56.6. The van der Waals surface area contributed by atoms with E-state index < -0.39 is 74.2 Å². The molecule has 1 fully saturated rings. The van der Waals surface area contributed by atoms with Crippen molar-refractivity contribution < 1.29 is 42.1 Å². The van der Waals surface area contributed by atoms with Gasteiger partial charge in [-0.25, -0.2) is 9.18 Å². The van der Waals surface area contributed by atoms with E-state index >= 15 is 4.39 Å². The van der Waals surface area contributed by atoms with E-state index in [9.17, 15) is 23.7 Å². The van der Waals surface area contributed by atoms with Crippen molar-refractivity contribution in [2.24, 2.45) is 0 Å². The van der Waals surface area contributed by atoms with E-state index in [1.807, 2.05) is 4.98 Å². The Kier molecular flexibility index (Phi) is 9.83. The second kappa shape index (κ2) is 12.7. The molecular weight excluding hydrogens is 540 g/mol. The van der Waals surface area contributed by atoms with Gasteiger partial charge >= 0.3 is 17.6 Å². The summed E-state index contributed by atoms with van der Waals surface area (Å²) < 4.78 is 51.6. The molecule has 1 aliphatic rings. The number of nitrogens with zero attached hydrogens (tertiary/aromatic N) is 2. The number of halogens is 1. The number of H-pyrrole nitrogens is 1. The van der Waals surface area contributed by atoms with Gasteiger partial charge in [0.1, 0.15) is 17.9 Å². The Hall–Kier alpha value is -3.32. The fourth-order valence-electron chi connectivity index (χ4n) is 3.83. The van der Waals surface area contributed by atoms with Crippen molar-refractivity contribution in [3.05, 3.63) is 63.4 Å². The van der Waals surface area contributed by atoms with Crippen LogP contribution in [0.3, 0.4) is 0 Å². The topological polar surface area (TPSA) is 155 Å². The van der Waals surface area contributed by atoms with Crippen LogP contribution in [0.15, 0.2) is 52.2 Å². The number of ether oxygens (including phenoxy) is 3. The Bertz CT molecular complexity index is 1300. The lowest BCUT2D eigenvalue weighted by Gasteiger charge is -2.28. The van der Waals surface area contributed by atoms with Crippen molar-refractivity contribution in [1.82, 2.24) is 14.4 Å². The maximum absolute atomic E-state index is 16.0. The third kappa shape index (κ3) is 7.41. The number of nitrogens with one attached hydrogen (secondary N) is 1. The number of aromatic nitrogens is 2. The van der Waals surface area contributed by atoms with Gasteiger partial charge < -0.3 is 23.6 Å². The van der Waals surface area contributed by atoms with Crippen LogP contribution in [0.2, 0.25) is 0 Å². The molecule has 214 valence electrons. The van der Waals surface area contributed by atoms with Crippen molar-refractivity contribution in [3.63, 3.8) is 0 Å². The molecule has 0 spiro atoms. The SMILES string of the molecule is CC(=O)O[C@H]1[C@@H](CO[PH](=O)N(Oc2ccccc2)[C@@H](C)C(=O)OC(C)C)O[C@@H](n2ccc(=O)[nH]c2=O)C1(C)F. The van der Waals surface area contributed by atoms with Crippen molar-refractivity contribution in [3.8, 4) is 5.75 Å². The maximum Gasteiger partial charge on any atom is 0.330 e. The first-order valence-electron chi connectivity index (χ1n) is 12.0. The molecule has 2 aromatic rings. The van der Waals surface area contributed by atoms with Gasteiger partial charge in [-0.2, -0.15) is 0 Å². The summed E-state index contributed by atoms with van der Waals surface area (Å²) >= 11 is 0. The Morgan fingerprint density at radius 3 is 2.46 bits per heavy atom. The van der Waals surface area contributed by atoms with Crippen LogP contribution in [0.4, 0.5) is 4.39 Å². The third-order valence-corrected chi connectivity index (χ3v) is 6.87. The number of carbonyl (C=O) groups excluding carboxylic acids is 2. The van der Waals surface area contributed by atoms with Crippen LogP contribution in [0.1, 0.15) is 40.8 Å². The van der Waals surface area contributed by atoms with E-state index in [2.05, 4.69) is 0 Å².